The van der Waals surface area contributed by atoms with Gasteiger partial charge in [-0.2, -0.15) is 0 Å². The van der Waals surface area contributed by atoms with Crippen molar-refractivity contribution in [2.75, 3.05) is 0 Å². The molecule has 4 atom stereocenters. The minimum Gasteiger partial charge on any atom is -0.508 e. The third-order valence-electron chi connectivity index (χ3n) is 7.51. The van der Waals surface area contributed by atoms with Crippen LogP contribution in [-0.4, -0.2) is 5.11 Å². The van der Waals surface area contributed by atoms with Crippen molar-refractivity contribution in [1.29, 1.82) is 0 Å². The number of fused-ring (bicyclic) bond motifs is 5. The van der Waals surface area contributed by atoms with Crippen LogP contribution in [0.2, 0.25) is 0 Å². The molecule has 0 radical (unpaired) electrons. The second kappa shape index (κ2) is 6.24. The van der Waals surface area contributed by atoms with Crippen molar-refractivity contribution in [2.45, 2.75) is 77.6 Å². The van der Waals surface area contributed by atoms with Crippen LogP contribution >= 0.6 is 0 Å². The summed E-state index contributed by atoms with van der Waals surface area (Å²) in [4.78, 5) is 0. The second-order valence-corrected chi connectivity index (χ2v) is 8.67. The van der Waals surface area contributed by atoms with E-state index in [2.05, 4.69) is 26.0 Å². The molecule has 0 amide bonds. The highest BCUT2D eigenvalue weighted by Crippen LogP contribution is 2.62. The molecule has 2 saturated carbocycles. The quantitative estimate of drug-likeness (QED) is 0.506. The van der Waals surface area contributed by atoms with Gasteiger partial charge in [0.1, 0.15) is 5.75 Å². The molecule has 1 aromatic carbocycles. The van der Waals surface area contributed by atoms with E-state index in [9.17, 15) is 5.11 Å². The summed E-state index contributed by atoms with van der Waals surface area (Å²) in [5.74, 6) is 2.92. The number of hydrogen-bond donors (Lipinski definition) is 1. The van der Waals surface area contributed by atoms with Crippen molar-refractivity contribution in [3.8, 4) is 5.75 Å². The molecule has 0 aromatic heterocycles. The lowest BCUT2D eigenvalue weighted by molar-refractivity contribution is 0.0812. The van der Waals surface area contributed by atoms with Gasteiger partial charge in [0.25, 0.3) is 0 Å². The maximum atomic E-state index is 9.81. The Morgan fingerprint density at radius 3 is 2.92 bits per heavy atom. The number of rotatable bonds is 3. The molecule has 3 aliphatic carbocycles. The zero-order valence-corrected chi connectivity index (χ0v) is 15.4. The van der Waals surface area contributed by atoms with Gasteiger partial charge in [-0.3, -0.25) is 0 Å². The molecule has 0 aliphatic heterocycles. The van der Waals surface area contributed by atoms with E-state index in [1.165, 1.54) is 56.9 Å². The van der Waals surface area contributed by atoms with E-state index >= 15 is 0 Å². The largest absolute Gasteiger partial charge is 0.508 e. The number of aromatic hydroxyl groups is 1. The normalized spacial score (nSPS) is 36.2. The zero-order chi connectivity index (χ0) is 16.7. The third kappa shape index (κ3) is 2.52. The number of phenolic OH excluding ortho intramolecular Hbond substituents is 1. The summed E-state index contributed by atoms with van der Waals surface area (Å²) < 4.78 is 0. The van der Waals surface area contributed by atoms with E-state index in [0.717, 1.165) is 24.2 Å². The van der Waals surface area contributed by atoms with Gasteiger partial charge in [-0.25, -0.2) is 0 Å². The zero-order valence-electron chi connectivity index (χ0n) is 15.4. The second-order valence-electron chi connectivity index (χ2n) is 8.67. The number of phenols is 1. The van der Waals surface area contributed by atoms with Crippen LogP contribution in [0.3, 0.4) is 0 Å². The topological polar surface area (TPSA) is 20.2 Å². The average Bonchev–Trinajstić information content (AvgIpc) is 2.91. The predicted molar refractivity (Wildman–Crippen MR) is 100 cm³/mol. The van der Waals surface area contributed by atoms with Crippen LogP contribution in [-0.2, 0) is 6.42 Å². The molecule has 1 heteroatoms. The van der Waals surface area contributed by atoms with E-state index in [0.29, 0.717) is 11.2 Å². The Morgan fingerprint density at radius 2 is 2.08 bits per heavy atom. The summed E-state index contributed by atoms with van der Waals surface area (Å²) in [5, 5.41) is 9.81. The van der Waals surface area contributed by atoms with Crippen molar-refractivity contribution in [2.24, 2.45) is 17.3 Å². The van der Waals surface area contributed by atoms with Crippen LogP contribution in [0, 0.1) is 17.3 Å². The lowest BCUT2D eigenvalue weighted by atomic mass is 9.55. The molecule has 1 nitrogen and oxygen atoms in total. The SMILES string of the molecule is CCCC/C=C1\CC[C@H]2[C@@H]3CCc4cc(O)ccc4[C@H]3CC[C@]12C. The van der Waals surface area contributed by atoms with E-state index in [4.69, 9.17) is 0 Å². The summed E-state index contributed by atoms with van der Waals surface area (Å²) in [6, 6.07) is 6.14. The monoisotopic (exact) mass is 324 g/mol. The Bertz CT molecular complexity index is 643. The highest BCUT2D eigenvalue weighted by molar-refractivity contribution is 5.40. The Hall–Kier alpha value is -1.24. The predicted octanol–water partition coefficient (Wildman–Crippen LogP) is 6.36. The molecular formula is C23H32O. The molecule has 24 heavy (non-hydrogen) atoms. The van der Waals surface area contributed by atoms with Gasteiger partial charge >= 0.3 is 0 Å². The fourth-order valence-corrected chi connectivity index (χ4v) is 6.23. The summed E-state index contributed by atoms with van der Waals surface area (Å²) in [6.07, 6.45) is 14.5. The smallest absolute Gasteiger partial charge is 0.115 e. The van der Waals surface area contributed by atoms with Crippen molar-refractivity contribution >= 4 is 0 Å². The standard InChI is InChI=1S/C23H32O/c1-3-4-5-6-17-8-12-22-21-10-7-16-15-18(24)9-11-19(16)20(21)13-14-23(17,22)2/h6,9,11,15,20-22,24H,3-5,7-8,10,12-14H2,1-2H3/b17-6+/t20-,21-,22+,23-/m1/s1. The summed E-state index contributed by atoms with van der Waals surface area (Å²) in [7, 11) is 0. The minimum absolute atomic E-state index is 0.440. The van der Waals surface area contributed by atoms with Gasteiger partial charge in [-0.1, -0.05) is 44.4 Å². The van der Waals surface area contributed by atoms with Crippen molar-refractivity contribution in [1.82, 2.24) is 0 Å². The lowest BCUT2D eigenvalue weighted by Crippen LogP contribution is -2.40. The van der Waals surface area contributed by atoms with Crippen molar-refractivity contribution in [3.63, 3.8) is 0 Å². The molecule has 1 aromatic rings. The molecule has 1 N–H and O–H groups in total. The molecule has 0 unspecified atom stereocenters. The Labute approximate surface area is 147 Å². The van der Waals surface area contributed by atoms with E-state index in [1.807, 2.05) is 12.1 Å². The fourth-order valence-electron chi connectivity index (χ4n) is 6.23. The maximum absolute atomic E-state index is 9.81. The van der Waals surface area contributed by atoms with E-state index < -0.39 is 0 Å². The molecule has 3 aliphatic rings. The molecule has 0 heterocycles. The van der Waals surface area contributed by atoms with Gasteiger partial charge in [0.05, 0.1) is 0 Å². The van der Waals surface area contributed by atoms with Gasteiger partial charge < -0.3 is 5.11 Å². The highest BCUT2D eigenvalue weighted by Gasteiger charge is 2.52. The molecule has 2 fully saturated rings. The minimum atomic E-state index is 0.440. The lowest BCUT2D eigenvalue weighted by Gasteiger charge is -2.49. The average molecular weight is 325 g/mol. The first kappa shape index (κ1) is 16.2. The van der Waals surface area contributed by atoms with Gasteiger partial charge in [0.2, 0.25) is 0 Å². The molecular weight excluding hydrogens is 292 g/mol. The van der Waals surface area contributed by atoms with Crippen LogP contribution in [0.1, 0.15) is 82.3 Å². The Balaban J connectivity index is 1.60. The van der Waals surface area contributed by atoms with Gasteiger partial charge in [-0.15, -0.1) is 0 Å². The third-order valence-corrected chi connectivity index (χ3v) is 7.51. The van der Waals surface area contributed by atoms with Crippen LogP contribution in [0.5, 0.6) is 5.75 Å². The van der Waals surface area contributed by atoms with E-state index in [-0.39, 0.29) is 0 Å². The fraction of sp³-hybridized carbons (Fsp3) is 0.652. The summed E-state index contributed by atoms with van der Waals surface area (Å²) in [6.45, 7) is 4.87. The van der Waals surface area contributed by atoms with E-state index in [1.54, 1.807) is 11.1 Å². The van der Waals surface area contributed by atoms with Crippen molar-refractivity contribution < 1.29 is 5.11 Å². The number of benzene rings is 1. The van der Waals surface area contributed by atoms with Crippen LogP contribution < -0.4 is 0 Å². The first-order valence-electron chi connectivity index (χ1n) is 10.1. The van der Waals surface area contributed by atoms with Crippen molar-refractivity contribution in [3.05, 3.63) is 41.0 Å². The van der Waals surface area contributed by atoms with Crippen LogP contribution in [0.4, 0.5) is 0 Å². The first-order chi connectivity index (χ1) is 11.6. The molecule has 130 valence electrons. The van der Waals surface area contributed by atoms with Gasteiger partial charge in [0.15, 0.2) is 0 Å². The molecule has 0 bridgehead atoms. The summed E-state index contributed by atoms with van der Waals surface area (Å²) >= 11 is 0. The summed E-state index contributed by atoms with van der Waals surface area (Å²) in [5.41, 5.74) is 5.23. The Morgan fingerprint density at radius 1 is 1.21 bits per heavy atom. The van der Waals surface area contributed by atoms with Gasteiger partial charge in [-0.05, 0) is 91.4 Å². The van der Waals surface area contributed by atoms with Gasteiger partial charge in [0, 0.05) is 0 Å². The van der Waals surface area contributed by atoms with Crippen LogP contribution in [0.25, 0.3) is 0 Å². The maximum Gasteiger partial charge on any atom is 0.115 e. The van der Waals surface area contributed by atoms with Crippen LogP contribution in [0.15, 0.2) is 29.8 Å². The molecule has 4 rings (SSSR count). The molecule has 0 spiro atoms. The Kier molecular flexibility index (Phi) is 4.22. The highest BCUT2D eigenvalue weighted by atomic mass is 16.3. The molecule has 0 saturated heterocycles. The number of hydrogen-bond acceptors (Lipinski definition) is 1. The number of allylic oxidation sites excluding steroid dienone is 2. The number of unbranched alkanes of at least 4 members (excludes halogenated alkanes) is 2. The first-order valence-corrected chi connectivity index (χ1v) is 10.1. The number of aryl methyl sites for hydroxylation is 1.